The van der Waals surface area contributed by atoms with Gasteiger partial charge < -0.3 is 97.2 Å². The molecule has 1 aliphatic heterocycles. The molecule has 0 unspecified atom stereocenters. The number of carboxylic acid groups (broad SMARTS) is 1. The lowest BCUT2D eigenvalue weighted by Gasteiger charge is -2.31. The van der Waals surface area contributed by atoms with E-state index in [1.54, 1.807) is 55.4 Å². The Hall–Kier alpha value is -8.36. The van der Waals surface area contributed by atoms with Gasteiger partial charge in [-0.25, -0.2) is 0 Å². The van der Waals surface area contributed by atoms with E-state index in [9.17, 15) is 72.2 Å². The molecule has 1 heterocycles. The number of rotatable bonds is 52. The standard InChI is InChI=1S/C75H131N17O15/c1-42(2)36-55(63(80)95)86-71(103)57(38-44(5)6)88-68(100)54(30-31-61(93)94)84-66(98)52(27-18-21-33-77)83-70(102)56(37-43(3)4)89-72(104)58(39-45(7)8)87-67(99)51(26-17-20-32-76)82-64(96)48(13)81-74(106)62(47(11)12)91-69(101)53(28-19-22-34-78)85-73(105)60-29-23-35-92(60)75(107)59(40-46(9)10)90-65(97)50(79)41-49-24-15-14-16-25-49/h14-16,24-25,42-48,50-60,62H,17-23,26-41,76-79H2,1-13H3,(H2,80,95)(H,81,106)(H,82,96)(H,83,102)(H,84,98)(H,85,105)(H,86,103)(H,87,99)(H,88,100)(H,89,104)(H,90,97)(H,91,101)(H,93,94)/t48-,50-,51-,52-,53-,54-,55-,56-,57-,58-,59-,60-,62-/m0/s1. The summed E-state index contributed by atoms with van der Waals surface area (Å²) in [6.07, 6.45) is 3.13. The normalized spacial score (nSPS) is 16.3. The molecule has 2 rings (SSSR count). The van der Waals surface area contributed by atoms with Gasteiger partial charge in [-0.05, 0) is 183 Å². The van der Waals surface area contributed by atoms with Crippen LogP contribution in [0.4, 0.5) is 0 Å². The zero-order valence-electron chi connectivity index (χ0n) is 65.6. The van der Waals surface area contributed by atoms with Gasteiger partial charge in [0, 0.05) is 13.0 Å². The maximum atomic E-state index is 14.6. The van der Waals surface area contributed by atoms with Gasteiger partial charge in [-0.2, -0.15) is 0 Å². The van der Waals surface area contributed by atoms with E-state index in [2.05, 4.69) is 58.5 Å². The lowest BCUT2D eigenvalue weighted by Crippen LogP contribution is -2.61. The largest absolute Gasteiger partial charge is 0.481 e. The number of amides is 13. The summed E-state index contributed by atoms with van der Waals surface area (Å²) in [5, 5.41) is 39.5. The summed E-state index contributed by atoms with van der Waals surface area (Å²) in [7, 11) is 0. The van der Waals surface area contributed by atoms with E-state index in [4.69, 9.17) is 28.7 Å². The number of carboxylic acids is 1. The van der Waals surface area contributed by atoms with Gasteiger partial charge in [0.1, 0.15) is 72.5 Å². The van der Waals surface area contributed by atoms with Gasteiger partial charge in [-0.3, -0.25) is 67.1 Å². The minimum Gasteiger partial charge on any atom is -0.481 e. The molecule has 1 aromatic rings. The molecule has 1 aliphatic rings. The second kappa shape index (κ2) is 49.6. The monoisotopic (exact) mass is 1510 g/mol. The first kappa shape index (κ1) is 94.7. The molecule has 13 atom stereocenters. The van der Waals surface area contributed by atoms with E-state index in [1.807, 2.05) is 58.0 Å². The smallest absolute Gasteiger partial charge is 0.303 e. The summed E-state index contributed by atoms with van der Waals surface area (Å²) in [5.41, 5.74) is 30.3. The van der Waals surface area contributed by atoms with Crippen LogP contribution in [0.25, 0.3) is 0 Å². The lowest BCUT2D eigenvalue weighted by atomic mass is 9.98. The number of hydrogen-bond donors (Lipinski definition) is 17. The van der Waals surface area contributed by atoms with Crippen LogP contribution in [0.1, 0.15) is 211 Å². The number of hydrogen-bond acceptors (Lipinski definition) is 18. The van der Waals surface area contributed by atoms with Crippen LogP contribution in [0, 0.1) is 35.5 Å². The van der Waals surface area contributed by atoms with Crippen LogP contribution in [0.15, 0.2) is 30.3 Å². The van der Waals surface area contributed by atoms with E-state index in [-0.39, 0.29) is 120 Å². The molecular formula is C75H131N17O15. The van der Waals surface area contributed by atoms with E-state index in [1.165, 1.54) is 11.8 Å². The van der Waals surface area contributed by atoms with Crippen molar-refractivity contribution in [3.63, 3.8) is 0 Å². The van der Waals surface area contributed by atoms with Crippen LogP contribution in [0.2, 0.25) is 0 Å². The Balaban J connectivity index is 2.39. The topological polar surface area (TPSA) is 525 Å². The highest BCUT2D eigenvalue weighted by molar-refractivity contribution is 6.00. The SMILES string of the molecule is CC(C)C[C@H](NC(=O)[C@H](CC(C)C)NC(=O)[C@H](CCC(=O)O)NC(=O)[C@H](CCCCN)NC(=O)[C@H](CC(C)C)NC(=O)[C@H](CC(C)C)NC(=O)[C@H](CCCCN)NC(=O)[C@H](C)NC(=O)[C@@H](NC(=O)[C@H](CCCCN)NC(=O)[C@@H]1CCCN1C(=O)[C@H](CC(C)C)NC(=O)[C@@H](N)Cc1ccccc1)C(C)C)C(N)=O. The van der Waals surface area contributed by atoms with Crippen molar-refractivity contribution in [2.45, 2.75) is 291 Å². The number of likely N-dealkylation sites (tertiary alicyclic amines) is 1. The minimum absolute atomic E-state index is 0.0181. The maximum Gasteiger partial charge on any atom is 0.303 e. The first-order valence-corrected chi connectivity index (χ1v) is 38.4. The number of benzene rings is 1. The highest BCUT2D eigenvalue weighted by atomic mass is 16.4. The molecule has 1 aromatic carbocycles. The average molecular weight is 1510 g/mol. The maximum absolute atomic E-state index is 14.6. The molecule has 32 heteroatoms. The Morgan fingerprint density at radius 3 is 1.18 bits per heavy atom. The Kier molecular flexibility index (Phi) is 43.9. The van der Waals surface area contributed by atoms with E-state index in [0.717, 1.165) is 5.56 Å². The van der Waals surface area contributed by atoms with Crippen LogP contribution in [0.5, 0.6) is 0 Å². The molecule has 0 aromatic heterocycles. The van der Waals surface area contributed by atoms with Gasteiger partial charge in [-0.15, -0.1) is 0 Å². The third-order valence-corrected chi connectivity index (χ3v) is 18.2. The molecule has 606 valence electrons. The zero-order valence-corrected chi connectivity index (χ0v) is 65.6. The lowest BCUT2D eigenvalue weighted by molar-refractivity contribution is -0.142. The van der Waals surface area contributed by atoms with Crippen LogP contribution >= 0.6 is 0 Å². The Bertz CT molecular complexity index is 3030. The molecule has 0 spiro atoms. The molecule has 107 heavy (non-hydrogen) atoms. The quantitative estimate of drug-likeness (QED) is 0.0395. The van der Waals surface area contributed by atoms with Crippen molar-refractivity contribution in [2.24, 2.45) is 64.2 Å². The molecule has 1 fully saturated rings. The van der Waals surface area contributed by atoms with Crippen molar-refractivity contribution < 1.29 is 72.2 Å². The Labute approximate surface area is 632 Å². The van der Waals surface area contributed by atoms with Gasteiger partial charge in [0.15, 0.2) is 0 Å². The molecule has 13 amide bonds. The van der Waals surface area contributed by atoms with Crippen molar-refractivity contribution in [2.75, 3.05) is 26.2 Å². The summed E-state index contributed by atoms with van der Waals surface area (Å²) in [5.74, 6) is -12.1. The fourth-order valence-corrected chi connectivity index (χ4v) is 12.4. The Morgan fingerprint density at radius 1 is 0.421 bits per heavy atom. The van der Waals surface area contributed by atoms with Crippen LogP contribution in [-0.4, -0.2) is 197 Å². The van der Waals surface area contributed by atoms with Crippen molar-refractivity contribution in [3.8, 4) is 0 Å². The van der Waals surface area contributed by atoms with Gasteiger partial charge in [-0.1, -0.05) is 113 Å². The first-order valence-electron chi connectivity index (χ1n) is 38.4. The van der Waals surface area contributed by atoms with Gasteiger partial charge >= 0.3 is 5.97 Å². The number of carbonyl (C=O) groups is 14. The van der Waals surface area contributed by atoms with E-state index < -0.39 is 180 Å². The third kappa shape index (κ3) is 35.9. The van der Waals surface area contributed by atoms with Gasteiger partial charge in [0.05, 0.1) is 6.04 Å². The van der Waals surface area contributed by atoms with Crippen molar-refractivity contribution in [1.29, 1.82) is 0 Å². The molecular weight excluding hydrogens is 1380 g/mol. The predicted molar refractivity (Wildman–Crippen MR) is 407 cm³/mol. The molecule has 1 saturated heterocycles. The number of nitrogens with zero attached hydrogens (tertiary/aromatic N) is 1. The summed E-state index contributed by atoms with van der Waals surface area (Å²) < 4.78 is 0. The van der Waals surface area contributed by atoms with Crippen LogP contribution < -0.4 is 87.2 Å². The van der Waals surface area contributed by atoms with E-state index >= 15 is 0 Å². The predicted octanol–water partition coefficient (Wildman–Crippen LogP) is 0.524. The number of nitrogens with one attached hydrogen (secondary N) is 11. The zero-order chi connectivity index (χ0) is 80.8. The average Bonchev–Trinajstić information content (AvgIpc) is 1.71. The summed E-state index contributed by atoms with van der Waals surface area (Å²) >= 11 is 0. The summed E-state index contributed by atoms with van der Waals surface area (Å²) in [4.78, 5) is 196. The van der Waals surface area contributed by atoms with E-state index in [0.29, 0.717) is 44.9 Å². The molecule has 22 N–H and O–H groups in total. The highest BCUT2D eigenvalue weighted by Gasteiger charge is 2.41. The van der Waals surface area contributed by atoms with Crippen molar-refractivity contribution in [3.05, 3.63) is 35.9 Å². The van der Waals surface area contributed by atoms with Crippen molar-refractivity contribution >= 4 is 82.8 Å². The fraction of sp³-hybridized carbons (Fsp3) is 0.733. The van der Waals surface area contributed by atoms with Crippen LogP contribution in [-0.2, 0) is 73.5 Å². The molecule has 0 saturated carbocycles. The molecule has 32 nitrogen and oxygen atoms in total. The minimum atomic E-state index is -1.54. The fourth-order valence-electron chi connectivity index (χ4n) is 12.4. The summed E-state index contributed by atoms with van der Waals surface area (Å²) in [6, 6.07) is -6.62. The number of unbranched alkanes of at least 4 members (excludes halogenated alkanes) is 3. The summed E-state index contributed by atoms with van der Waals surface area (Å²) in [6.45, 7) is 23.9. The number of carbonyl (C=O) groups excluding carboxylic acids is 13. The number of primary amides is 1. The molecule has 0 radical (unpaired) electrons. The van der Waals surface area contributed by atoms with Crippen LogP contribution in [0.3, 0.4) is 0 Å². The highest BCUT2D eigenvalue weighted by Crippen LogP contribution is 2.23. The van der Waals surface area contributed by atoms with Gasteiger partial charge in [0.25, 0.3) is 0 Å². The van der Waals surface area contributed by atoms with Crippen molar-refractivity contribution in [1.82, 2.24) is 63.4 Å². The number of nitrogens with two attached hydrogens (primary N) is 5. The molecule has 0 aliphatic carbocycles. The second-order valence-corrected chi connectivity index (χ2v) is 30.8. The Morgan fingerprint density at radius 2 is 0.776 bits per heavy atom. The first-order chi connectivity index (χ1) is 50.3. The number of aliphatic carboxylic acids is 1. The second-order valence-electron chi connectivity index (χ2n) is 30.8. The molecule has 0 bridgehead atoms. The van der Waals surface area contributed by atoms with Gasteiger partial charge in [0.2, 0.25) is 76.8 Å². The third-order valence-electron chi connectivity index (χ3n) is 18.2.